The number of methoxy groups -OCH3 is 1. The van der Waals surface area contributed by atoms with E-state index in [1.54, 1.807) is 24.7 Å². The molecule has 0 aromatic carbocycles. The van der Waals surface area contributed by atoms with Gasteiger partial charge in [-0.05, 0) is 18.1 Å². The lowest BCUT2D eigenvalue weighted by atomic mass is 9.95. The van der Waals surface area contributed by atoms with E-state index < -0.39 is 0 Å². The fourth-order valence-corrected chi connectivity index (χ4v) is 3.25. The molecule has 0 amide bonds. The molecule has 21 heavy (non-hydrogen) atoms. The molecule has 0 saturated carbocycles. The predicted molar refractivity (Wildman–Crippen MR) is 91.3 cm³/mol. The Hall–Kier alpha value is -1.61. The molecule has 0 spiro atoms. The highest BCUT2D eigenvalue weighted by Crippen LogP contribution is 2.26. The van der Waals surface area contributed by atoms with E-state index in [1.807, 2.05) is 6.08 Å². The average Bonchev–Trinajstić information content (AvgIpc) is 2.96. The molecule has 1 aromatic rings. The number of hydrogen-bond acceptors (Lipinski definition) is 3. The second-order valence-electron chi connectivity index (χ2n) is 5.28. The first-order chi connectivity index (χ1) is 10.2. The molecule has 1 aliphatic carbocycles. The highest BCUT2D eigenvalue weighted by Gasteiger charge is 2.10. The quantitative estimate of drug-likeness (QED) is 0.662. The molecule has 1 heterocycles. The van der Waals surface area contributed by atoms with Crippen molar-refractivity contribution in [1.29, 1.82) is 0 Å². The maximum atomic E-state index is 5.13. The predicted octanol–water partition coefficient (Wildman–Crippen LogP) is 5.33. The second kappa shape index (κ2) is 7.99. The van der Waals surface area contributed by atoms with Crippen LogP contribution < -0.4 is 0 Å². The summed E-state index contributed by atoms with van der Waals surface area (Å²) in [6.07, 6.45) is 16.8. The van der Waals surface area contributed by atoms with Crippen LogP contribution in [0.1, 0.15) is 43.3 Å². The van der Waals surface area contributed by atoms with Gasteiger partial charge in [0.15, 0.2) is 0 Å². The third kappa shape index (κ3) is 4.43. The lowest BCUT2D eigenvalue weighted by molar-refractivity contribution is 0.333. The van der Waals surface area contributed by atoms with E-state index >= 15 is 0 Å². The van der Waals surface area contributed by atoms with Crippen molar-refractivity contribution in [2.45, 2.75) is 32.6 Å². The third-order valence-electron chi connectivity index (χ3n) is 3.51. The molecule has 3 heteroatoms. The maximum Gasteiger partial charge on any atom is 0.0960 e. The number of ether oxygens (including phenoxy) is 1. The summed E-state index contributed by atoms with van der Waals surface area (Å²) in [6.45, 7) is 4.47. The first kappa shape index (κ1) is 15.8. The zero-order chi connectivity index (χ0) is 15.1. The van der Waals surface area contributed by atoms with Gasteiger partial charge in [-0.15, -0.1) is 11.3 Å². The molecule has 2 nitrogen and oxygen atoms in total. The van der Waals surface area contributed by atoms with Crippen LogP contribution in [0.5, 0.6) is 0 Å². The number of thiazole rings is 1. The van der Waals surface area contributed by atoms with Gasteiger partial charge in [-0.2, -0.15) is 0 Å². The molecule has 2 atom stereocenters. The topological polar surface area (TPSA) is 22.1 Å². The number of rotatable bonds is 6. The van der Waals surface area contributed by atoms with Gasteiger partial charge in [0.05, 0.1) is 24.1 Å². The summed E-state index contributed by atoms with van der Waals surface area (Å²) in [5, 5.41) is 3.38. The molecular weight excluding hydrogens is 278 g/mol. The normalized spacial score (nSPS) is 21.3. The Morgan fingerprint density at radius 3 is 3.05 bits per heavy atom. The van der Waals surface area contributed by atoms with Crippen LogP contribution in [0.2, 0.25) is 0 Å². The van der Waals surface area contributed by atoms with Gasteiger partial charge in [0.2, 0.25) is 0 Å². The summed E-state index contributed by atoms with van der Waals surface area (Å²) in [5.41, 5.74) is 2.21. The monoisotopic (exact) mass is 301 g/mol. The largest absolute Gasteiger partial charge is 0.504 e. The number of hydrogen-bond donors (Lipinski definition) is 0. The smallest absolute Gasteiger partial charge is 0.0960 e. The van der Waals surface area contributed by atoms with Crippen LogP contribution in [-0.2, 0) is 4.74 Å². The Kier molecular flexibility index (Phi) is 6.00. The lowest BCUT2D eigenvalue weighted by Gasteiger charge is -2.11. The van der Waals surface area contributed by atoms with Crippen molar-refractivity contribution in [3.05, 3.63) is 58.3 Å². The number of allylic oxidation sites excluding steroid dienone is 6. The Bertz CT molecular complexity index is 566. The van der Waals surface area contributed by atoms with Crippen molar-refractivity contribution < 1.29 is 4.74 Å². The summed E-state index contributed by atoms with van der Waals surface area (Å²) in [7, 11) is 1.68. The second-order valence-corrected chi connectivity index (χ2v) is 6.17. The van der Waals surface area contributed by atoms with Crippen molar-refractivity contribution in [2.75, 3.05) is 7.11 Å². The summed E-state index contributed by atoms with van der Waals surface area (Å²) in [5.74, 6) is 0.816. The standard InChI is InChI=1S/C18H23NOS/c1-4-7-14(2)18-19-17(13-21-18)11-10-15-8-5-6-9-16(15)12-20-3/h5-6,8-15H,4,7H2,1-3H3/b11-10+,16-12+. The Morgan fingerprint density at radius 1 is 1.43 bits per heavy atom. The molecule has 0 N–H and O–H groups in total. The molecule has 112 valence electrons. The van der Waals surface area contributed by atoms with Crippen LogP contribution in [0.25, 0.3) is 6.08 Å². The number of aromatic nitrogens is 1. The SMILES string of the molecule is CCCC(C)c1nc(/C=C/C2C=CC=C/C2=C\OC)cs1. The molecule has 0 saturated heterocycles. The minimum atomic E-state index is 0.258. The van der Waals surface area contributed by atoms with Gasteiger partial charge in [-0.1, -0.05) is 50.6 Å². The molecule has 2 unspecified atom stereocenters. The molecule has 0 fully saturated rings. The maximum absolute atomic E-state index is 5.13. The van der Waals surface area contributed by atoms with E-state index in [0.717, 1.165) is 11.3 Å². The van der Waals surface area contributed by atoms with Gasteiger partial charge in [-0.25, -0.2) is 4.98 Å². The van der Waals surface area contributed by atoms with Crippen LogP contribution in [0.15, 0.2) is 47.6 Å². The molecular formula is C18H23NOS. The average molecular weight is 301 g/mol. The van der Waals surface area contributed by atoms with Crippen molar-refractivity contribution in [3.8, 4) is 0 Å². The van der Waals surface area contributed by atoms with E-state index in [9.17, 15) is 0 Å². The van der Waals surface area contributed by atoms with Crippen molar-refractivity contribution in [3.63, 3.8) is 0 Å². The molecule has 1 aromatic heterocycles. The van der Waals surface area contributed by atoms with Gasteiger partial charge in [0.1, 0.15) is 0 Å². The Labute approximate surface area is 131 Å². The first-order valence-corrected chi connectivity index (χ1v) is 8.34. The van der Waals surface area contributed by atoms with E-state index in [0.29, 0.717) is 5.92 Å². The summed E-state index contributed by atoms with van der Waals surface area (Å²) in [4.78, 5) is 4.72. The third-order valence-corrected chi connectivity index (χ3v) is 4.61. The highest BCUT2D eigenvalue weighted by atomic mass is 32.1. The zero-order valence-corrected chi connectivity index (χ0v) is 13.8. The van der Waals surface area contributed by atoms with Crippen LogP contribution in [0, 0.1) is 5.92 Å². The van der Waals surface area contributed by atoms with Gasteiger partial charge < -0.3 is 4.74 Å². The minimum Gasteiger partial charge on any atom is -0.504 e. The van der Waals surface area contributed by atoms with Crippen molar-refractivity contribution in [2.24, 2.45) is 5.92 Å². The van der Waals surface area contributed by atoms with Crippen molar-refractivity contribution >= 4 is 17.4 Å². The minimum absolute atomic E-state index is 0.258. The lowest BCUT2D eigenvalue weighted by Crippen LogP contribution is -1.98. The number of nitrogens with zero attached hydrogens (tertiary/aromatic N) is 1. The van der Waals surface area contributed by atoms with Gasteiger partial charge in [0.25, 0.3) is 0 Å². The molecule has 0 radical (unpaired) electrons. The zero-order valence-electron chi connectivity index (χ0n) is 13.0. The van der Waals surface area contributed by atoms with Crippen LogP contribution in [-0.4, -0.2) is 12.1 Å². The van der Waals surface area contributed by atoms with Gasteiger partial charge in [0, 0.05) is 17.2 Å². The van der Waals surface area contributed by atoms with Crippen molar-refractivity contribution in [1.82, 2.24) is 4.98 Å². The van der Waals surface area contributed by atoms with E-state index in [-0.39, 0.29) is 5.92 Å². The van der Waals surface area contributed by atoms with Crippen LogP contribution >= 0.6 is 11.3 Å². The highest BCUT2D eigenvalue weighted by molar-refractivity contribution is 7.09. The Morgan fingerprint density at radius 2 is 2.29 bits per heavy atom. The van der Waals surface area contributed by atoms with E-state index in [2.05, 4.69) is 49.6 Å². The van der Waals surface area contributed by atoms with Gasteiger partial charge in [-0.3, -0.25) is 0 Å². The molecule has 0 bridgehead atoms. The van der Waals surface area contributed by atoms with E-state index in [4.69, 9.17) is 9.72 Å². The van der Waals surface area contributed by atoms with Gasteiger partial charge >= 0.3 is 0 Å². The summed E-state index contributed by atoms with van der Waals surface area (Å²) in [6, 6.07) is 0. The fourth-order valence-electron chi connectivity index (χ4n) is 2.36. The molecule has 2 rings (SSSR count). The summed E-state index contributed by atoms with van der Waals surface area (Å²) >= 11 is 1.76. The summed E-state index contributed by atoms with van der Waals surface area (Å²) < 4.78 is 5.13. The molecule has 0 aliphatic heterocycles. The Balaban J connectivity index is 2.05. The fraction of sp³-hybridized carbons (Fsp3) is 0.389. The van der Waals surface area contributed by atoms with Crippen LogP contribution in [0.4, 0.5) is 0 Å². The van der Waals surface area contributed by atoms with Crippen LogP contribution in [0.3, 0.4) is 0 Å². The van der Waals surface area contributed by atoms with E-state index in [1.165, 1.54) is 17.8 Å². The molecule has 1 aliphatic rings. The first-order valence-electron chi connectivity index (χ1n) is 7.46.